The second kappa shape index (κ2) is 2.81. The number of tetrazole rings is 1. The van der Waals surface area contributed by atoms with Crippen molar-refractivity contribution in [3.63, 3.8) is 0 Å². The van der Waals surface area contributed by atoms with E-state index in [0.29, 0.717) is 17.3 Å². The van der Waals surface area contributed by atoms with E-state index in [4.69, 9.17) is 10.2 Å². The predicted molar refractivity (Wildman–Crippen MR) is 53.8 cm³/mol. The Morgan fingerprint density at radius 1 is 1.27 bits per heavy atom. The lowest BCUT2D eigenvalue weighted by Gasteiger charge is -1.89. The molecule has 0 fully saturated rings. The van der Waals surface area contributed by atoms with Crippen molar-refractivity contribution in [1.29, 1.82) is 0 Å². The number of rotatable bonds is 1. The fraction of sp³-hybridized carbons (Fsp3) is 0. The van der Waals surface area contributed by atoms with E-state index in [1.807, 2.05) is 24.3 Å². The van der Waals surface area contributed by atoms with E-state index in [1.54, 1.807) is 0 Å². The first-order chi connectivity index (χ1) is 7.36. The number of nitrogens with zero attached hydrogens (tertiary/aromatic N) is 3. The molecule has 0 aliphatic rings. The lowest BCUT2D eigenvalue weighted by Crippen LogP contribution is -1.87. The van der Waals surface area contributed by atoms with Crippen LogP contribution in [0.15, 0.2) is 28.7 Å². The van der Waals surface area contributed by atoms with Crippen molar-refractivity contribution in [3.8, 4) is 11.6 Å². The van der Waals surface area contributed by atoms with Crippen LogP contribution in [0.25, 0.3) is 22.6 Å². The maximum Gasteiger partial charge on any atom is 0.217 e. The summed E-state index contributed by atoms with van der Waals surface area (Å²) >= 11 is 0. The quantitative estimate of drug-likeness (QED) is 0.616. The van der Waals surface area contributed by atoms with Crippen molar-refractivity contribution in [2.75, 3.05) is 5.73 Å². The van der Waals surface area contributed by atoms with Gasteiger partial charge in [-0.2, -0.15) is 0 Å². The van der Waals surface area contributed by atoms with Crippen LogP contribution in [0.1, 0.15) is 0 Å². The number of nitrogens with two attached hydrogens (primary N) is 1. The Morgan fingerprint density at radius 2 is 2.13 bits per heavy atom. The van der Waals surface area contributed by atoms with E-state index in [0.717, 1.165) is 11.0 Å². The zero-order valence-corrected chi connectivity index (χ0v) is 7.64. The second-order valence-electron chi connectivity index (χ2n) is 3.09. The van der Waals surface area contributed by atoms with Crippen LogP contribution in [0.5, 0.6) is 0 Å². The maximum absolute atomic E-state index is 5.92. The van der Waals surface area contributed by atoms with Crippen LogP contribution in [0, 0.1) is 0 Å². The number of hydrogen-bond acceptors (Lipinski definition) is 5. The summed E-state index contributed by atoms with van der Waals surface area (Å²) in [5.74, 6) is 0.907. The minimum absolute atomic E-state index is 0.434. The van der Waals surface area contributed by atoms with Crippen LogP contribution in [-0.4, -0.2) is 20.6 Å². The van der Waals surface area contributed by atoms with Crippen molar-refractivity contribution in [3.05, 3.63) is 24.3 Å². The first-order valence-corrected chi connectivity index (χ1v) is 4.37. The molecule has 3 N–H and O–H groups in total. The lowest BCUT2D eigenvalue weighted by atomic mass is 10.2. The van der Waals surface area contributed by atoms with E-state index < -0.39 is 0 Å². The van der Waals surface area contributed by atoms with Crippen LogP contribution in [0.2, 0.25) is 0 Å². The topological polar surface area (TPSA) is 93.6 Å². The van der Waals surface area contributed by atoms with E-state index in [9.17, 15) is 0 Å². The largest absolute Gasteiger partial charge is 0.450 e. The molecule has 6 heteroatoms. The average Bonchev–Trinajstić information content (AvgIpc) is 2.87. The number of aromatic amines is 1. The van der Waals surface area contributed by atoms with Crippen molar-refractivity contribution in [2.24, 2.45) is 0 Å². The SMILES string of the molecule is Nc1c(-c2nnn[nH]2)oc2ccccc12. The average molecular weight is 201 g/mol. The molecule has 1 aromatic carbocycles. The summed E-state index contributed by atoms with van der Waals surface area (Å²) in [4.78, 5) is 0. The van der Waals surface area contributed by atoms with Crippen molar-refractivity contribution in [2.45, 2.75) is 0 Å². The number of furan rings is 1. The van der Waals surface area contributed by atoms with Crippen LogP contribution >= 0.6 is 0 Å². The van der Waals surface area contributed by atoms with Gasteiger partial charge in [-0.25, -0.2) is 5.10 Å². The van der Waals surface area contributed by atoms with Gasteiger partial charge in [-0.1, -0.05) is 12.1 Å². The third kappa shape index (κ3) is 1.08. The first-order valence-electron chi connectivity index (χ1n) is 4.37. The fourth-order valence-electron chi connectivity index (χ4n) is 1.50. The molecule has 3 aromatic rings. The number of fused-ring (bicyclic) bond motifs is 1. The molecule has 0 atom stereocenters. The van der Waals surface area contributed by atoms with Gasteiger partial charge in [-0.15, -0.1) is 5.10 Å². The highest BCUT2D eigenvalue weighted by Gasteiger charge is 2.15. The molecule has 0 unspecified atom stereocenters. The molecule has 0 bridgehead atoms. The minimum Gasteiger partial charge on any atom is -0.450 e. The smallest absolute Gasteiger partial charge is 0.217 e. The Balaban J connectivity index is 2.33. The lowest BCUT2D eigenvalue weighted by molar-refractivity contribution is 0.626. The number of anilines is 1. The Labute approximate surface area is 84.1 Å². The van der Waals surface area contributed by atoms with Gasteiger partial charge in [0, 0.05) is 5.39 Å². The summed E-state index contributed by atoms with van der Waals surface area (Å²) in [7, 11) is 0. The van der Waals surface area contributed by atoms with Crippen LogP contribution in [-0.2, 0) is 0 Å². The minimum atomic E-state index is 0.434. The molecule has 0 saturated heterocycles. The molecule has 6 nitrogen and oxygen atoms in total. The van der Waals surface area contributed by atoms with Crippen LogP contribution in [0.4, 0.5) is 5.69 Å². The van der Waals surface area contributed by atoms with Gasteiger partial charge in [0.25, 0.3) is 0 Å². The van der Waals surface area contributed by atoms with Gasteiger partial charge in [0.05, 0.1) is 5.69 Å². The molecule has 2 aromatic heterocycles. The third-order valence-electron chi connectivity index (χ3n) is 2.19. The van der Waals surface area contributed by atoms with E-state index in [-0.39, 0.29) is 0 Å². The number of nitrogen functional groups attached to an aromatic ring is 1. The molecule has 0 saturated carbocycles. The second-order valence-corrected chi connectivity index (χ2v) is 3.09. The van der Waals surface area contributed by atoms with Gasteiger partial charge in [0.2, 0.25) is 5.82 Å². The Bertz CT molecular complexity index is 598. The molecule has 0 aliphatic carbocycles. The third-order valence-corrected chi connectivity index (χ3v) is 2.19. The molecule has 0 spiro atoms. The molecule has 15 heavy (non-hydrogen) atoms. The number of benzene rings is 1. The molecule has 2 heterocycles. The van der Waals surface area contributed by atoms with Gasteiger partial charge in [0.1, 0.15) is 5.58 Å². The molecular weight excluding hydrogens is 194 g/mol. The van der Waals surface area contributed by atoms with Crippen molar-refractivity contribution < 1.29 is 4.42 Å². The molecule has 0 amide bonds. The normalized spacial score (nSPS) is 10.9. The highest BCUT2D eigenvalue weighted by atomic mass is 16.3. The summed E-state index contributed by atoms with van der Waals surface area (Å²) in [5.41, 5.74) is 7.19. The van der Waals surface area contributed by atoms with Crippen LogP contribution in [0.3, 0.4) is 0 Å². The Kier molecular flexibility index (Phi) is 1.49. The number of nitrogens with one attached hydrogen (secondary N) is 1. The Hall–Kier alpha value is -2.37. The highest BCUT2D eigenvalue weighted by Crippen LogP contribution is 2.33. The zero-order valence-electron chi connectivity index (χ0n) is 7.64. The summed E-state index contributed by atoms with van der Waals surface area (Å²) in [6.07, 6.45) is 0. The molecular formula is C9H7N5O. The molecule has 0 aliphatic heterocycles. The van der Waals surface area contributed by atoms with Crippen molar-refractivity contribution >= 4 is 16.7 Å². The van der Waals surface area contributed by atoms with Gasteiger partial charge in [-0.3, -0.25) is 0 Å². The number of hydrogen-bond donors (Lipinski definition) is 2. The molecule has 74 valence electrons. The van der Waals surface area contributed by atoms with E-state index in [1.165, 1.54) is 0 Å². The van der Waals surface area contributed by atoms with Gasteiger partial charge >= 0.3 is 0 Å². The van der Waals surface area contributed by atoms with E-state index in [2.05, 4.69) is 20.6 Å². The van der Waals surface area contributed by atoms with Gasteiger partial charge in [-0.05, 0) is 22.6 Å². The summed E-state index contributed by atoms with van der Waals surface area (Å²) < 4.78 is 5.54. The van der Waals surface area contributed by atoms with E-state index >= 15 is 0 Å². The summed E-state index contributed by atoms with van der Waals surface area (Å²) in [5, 5.41) is 14.2. The maximum atomic E-state index is 5.92. The number of aromatic nitrogens is 4. The zero-order chi connectivity index (χ0) is 10.3. The standard InChI is InChI=1S/C9H7N5O/c10-7-5-3-1-2-4-6(5)15-8(7)9-11-13-14-12-9/h1-4H,10H2,(H,11,12,13,14). The predicted octanol–water partition coefficient (Wildman–Crippen LogP) is 1.20. The van der Waals surface area contributed by atoms with Gasteiger partial charge in [0.15, 0.2) is 5.76 Å². The monoisotopic (exact) mass is 201 g/mol. The molecule has 0 radical (unpaired) electrons. The van der Waals surface area contributed by atoms with Crippen molar-refractivity contribution in [1.82, 2.24) is 20.6 Å². The Morgan fingerprint density at radius 3 is 2.87 bits per heavy atom. The van der Waals surface area contributed by atoms with Crippen LogP contribution < -0.4 is 5.73 Å². The summed E-state index contributed by atoms with van der Waals surface area (Å²) in [6, 6.07) is 7.52. The first kappa shape index (κ1) is 7.98. The fourth-order valence-corrected chi connectivity index (χ4v) is 1.50. The number of para-hydroxylation sites is 1. The van der Waals surface area contributed by atoms with Gasteiger partial charge < -0.3 is 10.2 Å². The molecule has 3 rings (SSSR count). The number of H-pyrrole nitrogens is 1. The highest BCUT2D eigenvalue weighted by molar-refractivity contribution is 5.96. The summed E-state index contributed by atoms with van der Waals surface area (Å²) in [6.45, 7) is 0.